The summed E-state index contributed by atoms with van der Waals surface area (Å²) in [4.78, 5) is 10.2. The largest absolute Gasteiger partial charge is 0.508 e. The van der Waals surface area contributed by atoms with Crippen LogP contribution >= 0.6 is 0 Å². The van der Waals surface area contributed by atoms with E-state index in [4.69, 9.17) is 10.2 Å². The van der Waals surface area contributed by atoms with Crippen molar-refractivity contribution in [3.63, 3.8) is 0 Å². The molecule has 4 nitrogen and oxygen atoms in total. The van der Waals surface area contributed by atoms with Gasteiger partial charge in [-0.2, -0.15) is 0 Å². The van der Waals surface area contributed by atoms with Crippen molar-refractivity contribution in [3.8, 4) is 5.75 Å². The van der Waals surface area contributed by atoms with Gasteiger partial charge in [0.1, 0.15) is 5.75 Å². The fourth-order valence-corrected chi connectivity index (χ4v) is 1.21. The number of benzene rings is 2. The van der Waals surface area contributed by atoms with E-state index in [0.717, 1.165) is 5.69 Å². The van der Waals surface area contributed by atoms with E-state index in [1.165, 1.54) is 0 Å². The Kier molecular flexibility index (Phi) is 5.25. The molecule has 0 aromatic heterocycles. The number of nitrogens with one attached hydrogen (secondary N) is 1. The second-order valence-corrected chi connectivity index (χ2v) is 3.47. The summed E-state index contributed by atoms with van der Waals surface area (Å²) in [6.07, 6.45) is 0. The van der Waals surface area contributed by atoms with E-state index in [0.29, 0.717) is 11.3 Å². The summed E-state index contributed by atoms with van der Waals surface area (Å²) in [6.45, 7) is 0. The van der Waals surface area contributed by atoms with Gasteiger partial charge in [-0.3, -0.25) is 0 Å². The van der Waals surface area contributed by atoms with Crippen LogP contribution in [0, 0.1) is 0 Å². The zero-order chi connectivity index (χ0) is 13.4. The zero-order valence-corrected chi connectivity index (χ0v) is 10.00. The maximum Gasteiger partial charge on any atom is 0.335 e. The standard InChI is InChI=1S/C7H9NO.C7H6O2/c1-8-6-2-4-7(9)5-3-6;8-7(9)6-4-2-1-3-5-6/h2-5,8-9H,1H3;1-5H,(H,8,9). The number of aromatic hydroxyl groups is 1. The monoisotopic (exact) mass is 245 g/mol. The average Bonchev–Trinajstić information content (AvgIpc) is 2.41. The lowest BCUT2D eigenvalue weighted by Crippen LogP contribution is -1.93. The molecule has 0 saturated carbocycles. The van der Waals surface area contributed by atoms with Crippen molar-refractivity contribution in [2.45, 2.75) is 0 Å². The number of aromatic carboxylic acids is 1. The van der Waals surface area contributed by atoms with Crippen molar-refractivity contribution in [3.05, 3.63) is 60.2 Å². The first-order valence-electron chi connectivity index (χ1n) is 5.38. The molecule has 0 unspecified atom stereocenters. The summed E-state index contributed by atoms with van der Waals surface area (Å²) in [6, 6.07) is 15.2. The first-order chi connectivity index (χ1) is 8.63. The maximum atomic E-state index is 10.2. The van der Waals surface area contributed by atoms with E-state index in [1.54, 1.807) is 42.5 Å². The summed E-state index contributed by atoms with van der Waals surface area (Å²) in [7, 11) is 1.84. The lowest BCUT2D eigenvalue weighted by molar-refractivity contribution is 0.0697. The van der Waals surface area contributed by atoms with Crippen molar-refractivity contribution in [2.75, 3.05) is 12.4 Å². The van der Waals surface area contributed by atoms with Gasteiger partial charge in [-0.15, -0.1) is 0 Å². The molecule has 0 atom stereocenters. The summed E-state index contributed by atoms with van der Waals surface area (Å²) < 4.78 is 0. The highest BCUT2D eigenvalue weighted by Crippen LogP contribution is 2.12. The maximum absolute atomic E-state index is 10.2. The number of carboxylic acid groups (broad SMARTS) is 1. The number of rotatable bonds is 2. The van der Waals surface area contributed by atoms with Gasteiger partial charge < -0.3 is 15.5 Å². The molecule has 0 bridgehead atoms. The smallest absolute Gasteiger partial charge is 0.335 e. The quantitative estimate of drug-likeness (QED) is 0.711. The molecule has 0 spiro atoms. The predicted octanol–water partition coefficient (Wildman–Crippen LogP) is 2.82. The molecule has 0 radical (unpaired) electrons. The molecule has 0 fully saturated rings. The van der Waals surface area contributed by atoms with Crippen LogP contribution in [0.3, 0.4) is 0 Å². The first kappa shape index (κ1) is 13.6. The minimum atomic E-state index is -0.879. The third-order valence-corrected chi connectivity index (χ3v) is 2.18. The number of phenols is 1. The van der Waals surface area contributed by atoms with E-state index in [9.17, 15) is 4.79 Å². The number of phenolic OH excluding ortho intramolecular Hbond substituents is 1. The third-order valence-electron chi connectivity index (χ3n) is 2.18. The van der Waals surface area contributed by atoms with E-state index in [-0.39, 0.29) is 0 Å². The van der Waals surface area contributed by atoms with Crippen LogP contribution in [0.25, 0.3) is 0 Å². The van der Waals surface area contributed by atoms with Gasteiger partial charge in [0.15, 0.2) is 0 Å². The molecule has 4 heteroatoms. The van der Waals surface area contributed by atoms with Crippen molar-refractivity contribution in [1.29, 1.82) is 0 Å². The van der Waals surface area contributed by atoms with Gasteiger partial charge in [0.25, 0.3) is 0 Å². The van der Waals surface area contributed by atoms with Gasteiger partial charge in [0.2, 0.25) is 0 Å². The van der Waals surface area contributed by atoms with Gasteiger partial charge in [-0.1, -0.05) is 18.2 Å². The van der Waals surface area contributed by atoms with Gasteiger partial charge in [-0.05, 0) is 36.4 Å². The molecule has 0 aliphatic carbocycles. The van der Waals surface area contributed by atoms with Crippen molar-refractivity contribution in [2.24, 2.45) is 0 Å². The highest BCUT2D eigenvalue weighted by atomic mass is 16.4. The molecule has 94 valence electrons. The Morgan fingerprint density at radius 1 is 1.00 bits per heavy atom. The predicted molar refractivity (Wildman–Crippen MR) is 71.1 cm³/mol. The van der Waals surface area contributed by atoms with Gasteiger partial charge in [-0.25, -0.2) is 4.79 Å². The minimum Gasteiger partial charge on any atom is -0.508 e. The van der Waals surface area contributed by atoms with Crippen LogP contribution in [-0.2, 0) is 0 Å². The SMILES string of the molecule is CNc1ccc(O)cc1.O=C(O)c1ccccc1. The molecule has 2 rings (SSSR count). The molecular formula is C14H15NO3. The summed E-state index contributed by atoms with van der Waals surface area (Å²) in [5.41, 5.74) is 1.34. The number of carboxylic acids is 1. The first-order valence-corrected chi connectivity index (χ1v) is 5.38. The molecular weight excluding hydrogens is 230 g/mol. The fraction of sp³-hybridized carbons (Fsp3) is 0.0714. The Hall–Kier alpha value is -2.49. The van der Waals surface area contributed by atoms with Crippen LogP contribution in [-0.4, -0.2) is 23.2 Å². The summed E-state index contributed by atoms with van der Waals surface area (Å²) >= 11 is 0. The Morgan fingerprint density at radius 2 is 1.56 bits per heavy atom. The fourth-order valence-electron chi connectivity index (χ4n) is 1.21. The second kappa shape index (κ2) is 6.96. The molecule has 0 amide bonds. The lowest BCUT2D eigenvalue weighted by atomic mass is 10.2. The third kappa shape index (κ3) is 4.57. The molecule has 0 aliphatic rings. The highest BCUT2D eigenvalue weighted by Gasteiger charge is 1.96. The van der Waals surface area contributed by atoms with Crippen LogP contribution in [0.2, 0.25) is 0 Å². The second-order valence-electron chi connectivity index (χ2n) is 3.47. The Labute approximate surface area is 106 Å². The molecule has 18 heavy (non-hydrogen) atoms. The molecule has 0 heterocycles. The van der Waals surface area contributed by atoms with E-state index in [2.05, 4.69) is 5.32 Å². The van der Waals surface area contributed by atoms with Crippen LogP contribution in [0.1, 0.15) is 10.4 Å². The van der Waals surface area contributed by atoms with Crippen molar-refractivity contribution >= 4 is 11.7 Å². The van der Waals surface area contributed by atoms with Crippen molar-refractivity contribution in [1.82, 2.24) is 0 Å². The van der Waals surface area contributed by atoms with Crippen LogP contribution in [0.4, 0.5) is 5.69 Å². The van der Waals surface area contributed by atoms with Crippen LogP contribution in [0.5, 0.6) is 5.75 Å². The van der Waals surface area contributed by atoms with Gasteiger partial charge >= 0.3 is 5.97 Å². The van der Waals surface area contributed by atoms with E-state index >= 15 is 0 Å². The minimum absolute atomic E-state index is 0.300. The topological polar surface area (TPSA) is 69.6 Å². The Balaban J connectivity index is 0.000000180. The Bertz CT molecular complexity index is 480. The molecule has 3 N–H and O–H groups in total. The summed E-state index contributed by atoms with van der Waals surface area (Å²) in [5, 5.41) is 20.2. The van der Waals surface area contributed by atoms with Crippen LogP contribution in [0.15, 0.2) is 54.6 Å². The van der Waals surface area contributed by atoms with E-state index in [1.807, 2.05) is 19.2 Å². The van der Waals surface area contributed by atoms with Gasteiger partial charge in [0.05, 0.1) is 5.56 Å². The number of carbonyl (C=O) groups is 1. The van der Waals surface area contributed by atoms with Gasteiger partial charge in [0, 0.05) is 12.7 Å². The molecule has 2 aromatic rings. The number of anilines is 1. The normalized spacial score (nSPS) is 8.94. The van der Waals surface area contributed by atoms with E-state index < -0.39 is 5.97 Å². The average molecular weight is 245 g/mol. The Morgan fingerprint density at radius 3 is 1.94 bits per heavy atom. The molecule has 0 aliphatic heterocycles. The number of hydrogen-bond acceptors (Lipinski definition) is 3. The molecule has 0 saturated heterocycles. The lowest BCUT2D eigenvalue weighted by Gasteiger charge is -1.96. The molecule has 2 aromatic carbocycles. The van der Waals surface area contributed by atoms with Crippen LogP contribution < -0.4 is 5.32 Å². The van der Waals surface area contributed by atoms with Crippen molar-refractivity contribution < 1.29 is 15.0 Å². The number of hydrogen-bond donors (Lipinski definition) is 3. The highest BCUT2D eigenvalue weighted by molar-refractivity contribution is 5.87. The summed E-state index contributed by atoms with van der Waals surface area (Å²) in [5.74, 6) is -0.579. The zero-order valence-electron chi connectivity index (χ0n) is 10.00.